The van der Waals surface area contributed by atoms with Gasteiger partial charge in [0.1, 0.15) is 13.2 Å². The molecule has 0 amide bonds. The molecule has 0 spiro atoms. The molecule has 1 atom stereocenters. The minimum atomic E-state index is -0.791. The Balaban J connectivity index is 4.24. The lowest BCUT2D eigenvalue weighted by Gasteiger charge is -2.18. The first kappa shape index (κ1) is 78.5. The van der Waals surface area contributed by atoms with Gasteiger partial charge in [0.05, 0.1) is 0 Å². The molecule has 0 saturated carbocycles. The smallest absolute Gasteiger partial charge is 0.306 e. The van der Waals surface area contributed by atoms with Gasteiger partial charge in [0, 0.05) is 19.3 Å². The van der Waals surface area contributed by atoms with E-state index in [9.17, 15) is 14.4 Å². The van der Waals surface area contributed by atoms with E-state index in [0.717, 1.165) is 135 Å². The number of allylic oxidation sites excluding steroid dienone is 22. The molecule has 83 heavy (non-hydrogen) atoms. The number of rotatable bonds is 62. The van der Waals surface area contributed by atoms with Crippen LogP contribution in [0.25, 0.3) is 0 Å². The lowest BCUT2D eigenvalue weighted by atomic mass is 10.1. The van der Waals surface area contributed by atoms with Gasteiger partial charge < -0.3 is 14.2 Å². The average molecular weight is 1150 g/mol. The summed E-state index contributed by atoms with van der Waals surface area (Å²) in [7, 11) is 0. The zero-order valence-electron chi connectivity index (χ0n) is 54.2. The van der Waals surface area contributed by atoms with E-state index < -0.39 is 6.10 Å². The summed E-state index contributed by atoms with van der Waals surface area (Å²) in [6, 6.07) is 0. The van der Waals surface area contributed by atoms with E-state index in [1.165, 1.54) is 141 Å². The molecule has 0 heterocycles. The molecular weight excluding hydrogens is 1020 g/mol. The van der Waals surface area contributed by atoms with E-state index in [2.05, 4.69) is 154 Å². The highest BCUT2D eigenvalue weighted by Crippen LogP contribution is 2.16. The monoisotopic (exact) mass is 1150 g/mol. The van der Waals surface area contributed by atoms with Crippen LogP contribution in [0.1, 0.15) is 316 Å². The summed E-state index contributed by atoms with van der Waals surface area (Å²) in [6.07, 6.45) is 99.0. The molecule has 0 aliphatic rings. The predicted molar refractivity (Wildman–Crippen MR) is 362 cm³/mol. The van der Waals surface area contributed by atoms with Crippen molar-refractivity contribution in [3.8, 4) is 0 Å². The van der Waals surface area contributed by atoms with Crippen LogP contribution in [0.3, 0.4) is 0 Å². The molecule has 0 aromatic rings. The van der Waals surface area contributed by atoms with Crippen molar-refractivity contribution in [2.45, 2.75) is 322 Å². The van der Waals surface area contributed by atoms with Gasteiger partial charge >= 0.3 is 17.9 Å². The van der Waals surface area contributed by atoms with Gasteiger partial charge in [-0.1, -0.05) is 289 Å². The Morgan fingerprint density at radius 2 is 0.470 bits per heavy atom. The molecule has 6 nitrogen and oxygen atoms in total. The molecule has 1 unspecified atom stereocenters. The number of carbonyl (C=O) groups excluding carboxylic acids is 3. The van der Waals surface area contributed by atoms with Gasteiger partial charge in [0.15, 0.2) is 6.10 Å². The summed E-state index contributed by atoms with van der Waals surface area (Å²) in [4.78, 5) is 38.3. The molecule has 0 rings (SSSR count). The van der Waals surface area contributed by atoms with Crippen LogP contribution in [0.4, 0.5) is 0 Å². The van der Waals surface area contributed by atoms with E-state index in [0.29, 0.717) is 19.3 Å². The highest BCUT2D eigenvalue weighted by Gasteiger charge is 2.19. The Morgan fingerprint density at radius 3 is 0.771 bits per heavy atom. The summed E-state index contributed by atoms with van der Waals surface area (Å²) < 4.78 is 16.9. The van der Waals surface area contributed by atoms with Gasteiger partial charge in [-0.3, -0.25) is 14.4 Å². The van der Waals surface area contributed by atoms with Crippen molar-refractivity contribution in [1.82, 2.24) is 0 Å². The second kappa shape index (κ2) is 70.0. The lowest BCUT2D eigenvalue weighted by Crippen LogP contribution is -2.30. The van der Waals surface area contributed by atoms with Crippen molar-refractivity contribution in [1.29, 1.82) is 0 Å². The van der Waals surface area contributed by atoms with Crippen molar-refractivity contribution in [2.24, 2.45) is 0 Å². The maximum atomic E-state index is 12.9. The molecule has 0 aliphatic heterocycles. The first-order valence-electron chi connectivity index (χ1n) is 34.7. The fourth-order valence-electron chi connectivity index (χ4n) is 9.43. The SMILES string of the molecule is CC/C=C\C/C=C\C/C=C\C/C=C\C/C=C\C/C=C\C/C=C\C/C=C\CCCCCCCCCCCCC(=O)OCC(COC(=O)CCCCCCC/C=C\CCCCC)OC(=O)CCCCCCCCC/C=C\C/C=C\CCCCCC. The van der Waals surface area contributed by atoms with Crippen molar-refractivity contribution < 1.29 is 28.6 Å². The molecule has 0 N–H and O–H groups in total. The number of carbonyl (C=O) groups is 3. The number of hydrogen-bond acceptors (Lipinski definition) is 6. The molecule has 0 aromatic heterocycles. The Hall–Kier alpha value is -4.45. The number of ether oxygens (including phenoxy) is 3. The quantitative estimate of drug-likeness (QED) is 0.0261. The Bertz CT molecular complexity index is 1750. The summed E-state index contributed by atoms with van der Waals surface area (Å²) in [6.45, 7) is 6.48. The molecule has 472 valence electrons. The van der Waals surface area contributed by atoms with Crippen LogP contribution >= 0.6 is 0 Å². The fraction of sp³-hybridized carbons (Fsp3) is 0.675. The first-order valence-corrected chi connectivity index (χ1v) is 34.7. The van der Waals surface area contributed by atoms with Crippen LogP contribution in [-0.4, -0.2) is 37.2 Å². The largest absolute Gasteiger partial charge is 0.462 e. The number of unbranched alkanes of at least 4 members (excludes halogenated alkanes) is 29. The summed E-state index contributed by atoms with van der Waals surface area (Å²) in [5.41, 5.74) is 0. The topological polar surface area (TPSA) is 78.9 Å². The van der Waals surface area contributed by atoms with Crippen LogP contribution in [0.2, 0.25) is 0 Å². The molecule has 0 saturated heterocycles. The van der Waals surface area contributed by atoms with Gasteiger partial charge in [0.2, 0.25) is 0 Å². The molecular formula is C77H128O6. The highest BCUT2D eigenvalue weighted by molar-refractivity contribution is 5.71. The minimum Gasteiger partial charge on any atom is -0.462 e. The number of esters is 3. The second-order valence-corrected chi connectivity index (χ2v) is 22.7. The zero-order chi connectivity index (χ0) is 59.9. The second-order valence-electron chi connectivity index (χ2n) is 22.7. The maximum Gasteiger partial charge on any atom is 0.306 e. The van der Waals surface area contributed by atoms with Crippen LogP contribution in [-0.2, 0) is 28.6 Å². The third-order valence-corrected chi connectivity index (χ3v) is 14.6. The summed E-state index contributed by atoms with van der Waals surface area (Å²) in [5.74, 6) is -0.902. The Labute approximate surface area is 513 Å². The third kappa shape index (κ3) is 68.2. The molecule has 0 radical (unpaired) electrons. The third-order valence-electron chi connectivity index (χ3n) is 14.6. The minimum absolute atomic E-state index is 0.0874. The van der Waals surface area contributed by atoms with Crippen LogP contribution in [0.5, 0.6) is 0 Å². The van der Waals surface area contributed by atoms with Crippen molar-refractivity contribution >= 4 is 17.9 Å². The predicted octanol–water partition coefficient (Wildman–Crippen LogP) is 24.1. The average Bonchev–Trinajstić information content (AvgIpc) is 3.49. The van der Waals surface area contributed by atoms with Crippen molar-refractivity contribution in [2.75, 3.05) is 13.2 Å². The van der Waals surface area contributed by atoms with E-state index in [4.69, 9.17) is 14.2 Å². The molecule has 0 aromatic carbocycles. The van der Waals surface area contributed by atoms with Gasteiger partial charge in [0.25, 0.3) is 0 Å². The van der Waals surface area contributed by atoms with Gasteiger partial charge in [-0.05, 0) is 141 Å². The Morgan fingerprint density at radius 1 is 0.253 bits per heavy atom. The van der Waals surface area contributed by atoms with Gasteiger partial charge in [-0.2, -0.15) is 0 Å². The van der Waals surface area contributed by atoms with E-state index in [-0.39, 0.29) is 31.1 Å². The Kier molecular flexibility index (Phi) is 66.3. The molecule has 6 heteroatoms. The first-order chi connectivity index (χ1) is 41.0. The van der Waals surface area contributed by atoms with Crippen LogP contribution in [0.15, 0.2) is 134 Å². The van der Waals surface area contributed by atoms with Gasteiger partial charge in [-0.25, -0.2) is 0 Å². The van der Waals surface area contributed by atoms with Gasteiger partial charge in [-0.15, -0.1) is 0 Å². The fourth-order valence-corrected chi connectivity index (χ4v) is 9.43. The normalized spacial score (nSPS) is 13.0. The summed E-state index contributed by atoms with van der Waals surface area (Å²) in [5, 5.41) is 0. The van der Waals surface area contributed by atoms with E-state index in [1.807, 2.05) is 0 Å². The number of hydrogen-bond donors (Lipinski definition) is 0. The molecule has 0 aliphatic carbocycles. The molecule has 0 bridgehead atoms. The highest BCUT2D eigenvalue weighted by atomic mass is 16.6. The standard InChI is InChI=1S/C77H128O6/c1-4-7-10-13-16-19-22-25-27-29-31-32-33-34-35-36-37-38-39-40-41-42-43-44-45-46-47-49-50-52-55-58-61-64-67-70-76(79)82-73-74(72-81-75(78)69-66-63-60-57-54-24-21-18-15-12-9-6-3)83-77(80)71-68-65-62-59-56-53-51-48-30-28-26-23-20-17-14-11-8-5-2/h7,10,16,18-21,23,25,27-28,30-32,34-35,37-38,40-41,43-44,74H,4-6,8-9,11-15,17,22,24,26,29,33,36,39,42,45-73H2,1-3H3/b10-7-,19-16-,21-18-,23-20-,27-25-,30-28-,32-31-,35-34-,38-37-,41-40-,44-43-. The zero-order valence-corrected chi connectivity index (χ0v) is 54.2. The van der Waals surface area contributed by atoms with E-state index >= 15 is 0 Å². The van der Waals surface area contributed by atoms with Crippen molar-refractivity contribution in [3.05, 3.63) is 134 Å². The van der Waals surface area contributed by atoms with Crippen LogP contribution < -0.4 is 0 Å². The molecule has 0 fully saturated rings. The lowest BCUT2D eigenvalue weighted by molar-refractivity contribution is -0.167. The van der Waals surface area contributed by atoms with Crippen molar-refractivity contribution in [3.63, 3.8) is 0 Å². The summed E-state index contributed by atoms with van der Waals surface area (Å²) >= 11 is 0. The van der Waals surface area contributed by atoms with Crippen LogP contribution in [0, 0.1) is 0 Å². The van der Waals surface area contributed by atoms with E-state index in [1.54, 1.807) is 0 Å². The maximum absolute atomic E-state index is 12.9.